The van der Waals surface area contributed by atoms with Crippen molar-refractivity contribution in [2.45, 2.75) is 32.7 Å². The average molecular weight is 539 g/mol. The number of benzene rings is 1. The van der Waals surface area contributed by atoms with Gasteiger partial charge >= 0.3 is 6.18 Å². The van der Waals surface area contributed by atoms with E-state index >= 15 is 0 Å². The lowest BCUT2D eigenvalue weighted by Gasteiger charge is -2.37. The fourth-order valence-corrected chi connectivity index (χ4v) is 4.61. The zero-order chi connectivity index (χ0) is 27.7. The number of fused-ring (bicyclic) bond motifs is 1. The van der Waals surface area contributed by atoms with E-state index in [9.17, 15) is 13.2 Å². The summed E-state index contributed by atoms with van der Waals surface area (Å²) in [5.74, 6) is 1.84. The van der Waals surface area contributed by atoms with Crippen molar-refractivity contribution < 1.29 is 22.3 Å². The highest BCUT2D eigenvalue weighted by atomic mass is 19.4. The van der Waals surface area contributed by atoms with Crippen LogP contribution in [0.2, 0.25) is 0 Å². The number of hydrogen-bond donors (Lipinski definition) is 1. The van der Waals surface area contributed by atoms with Crippen molar-refractivity contribution in [3.8, 4) is 17.2 Å². The van der Waals surface area contributed by atoms with Crippen LogP contribution >= 0.6 is 0 Å². The van der Waals surface area contributed by atoms with Crippen molar-refractivity contribution in [2.24, 2.45) is 5.73 Å². The maximum Gasteiger partial charge on any atom is 0.433 e. The molecule has 0 saturated carbocycles. The third kappa shape index (κ3) is 5.40. The monoisotopic (exact) mass is 538 g/mol. The van der Waals surface area contributed by atoms with Gasteiger partial charge in [0.2, 0.25) is 5.89 Å². The molecule has 0 unspecified atom stereocenters. The molecule has 0 spiro atoms. The van der Waals surface area contributed by atoms with Crippen LogP contribution in [0.3, 0.4) is 0 Å². The summed E-state index contributed by atoms with van der Waals surface area (Å²) in [5.41, 5.74) is 6.75. The number of oxazole rings is 1. The molecule has 1 fully saturated rings. The molecule has 0 bridgehead atoms. The van der Waals surface area contributed by atoms with Crippen LogP contribution < -0.4 is 15.4 Å². The molecule has 1 aliphatic rings. The molecule has 3 aromatic heterocycles. The molecule has 4 heterocycles. The lowest BCUT2D eigenvalue weighted by molar-refractivity contribution is -0.140. The third-order valence-electron chi connectivity index (χ3n) is 6.49. The van der Waals surface area contributed by atoms with Gasteiger partial charge in [-0.25, -0.2) is 15.0 Å². The van der Waals surface area contributed by atoms with Crippen molar-refractivity contribution in [3.05, 3.63) is 72.4 Å². The number of rotatable bonds is 7. The highest BCUT2D eigenvalue weighted by Gasteiger charge is 2.33. The lowest BCUT2D eigenvalue weighted by atomic mass is 10.1. The first-order valence-corrected chi connectivity index (χ1v) is 12.6. The van der Waals surface area contributed by atoms with E-state index in [-0.39, 0.29) is 29.8 Å². The van der Waals surface area contributed by atoms with Gasteiger partial charge in [0.15, 0.2) is 0 Å². The standard InChI is InChI=1S/C28H29F3N6O2/c1-17(2)38-21-9-7-20(19-8-10-23(28(29,30)31)34-26(19)21)27-35-25(22(16-32)39-27)18(3)36-12-14-37(15-13-36)24-6-4-5-11-33-24/h4-11,17H,3,12-16,32H2,1-2H3. The van der Waals surface area contributed by atoms with Crippen LogP contribution in [0.1, 0.15) is 31.0 Å². The Labute approximate surface area is 223 Å². The van der Waals surface area contributed by atoms with E-state index < -0.39 is 11.9 Å². The highest BCUT2D eigenvalue weighted by Crippen LogP contribution is 2.38. The third-order valence-corrected chi connectivity index (χ3v) is 6.49. The van der Waals surface area contributed by atoms with Crippen LogP contribution in [0.4, 0.5) is 19.0 Å². The molecule has 0 aliphatic carbocycles. The smallest absolute Gasteiger partial charge is 0.433 e. The summed E-state index contributed by atoms with van der Waals surface area (Å²) in [7, 11) is 0. The van der Waals surface area contributed by atoms with E-state index in [1.54, 1.807) is 32.2 Å². The number of aromatic nitrogens is 3. The van der Waals surface area contributed by atoms with Crippen molar-refractivity contribution >= 4 is 22.4 Å². The SMILES string of the molecule is C=C(c1nc(-c2ccc(OC(C)C)c3nc(C(F)(F)F)ccc23)oc1CN)N1CCN(c2ccccn2)CC1. The molecule has 204 valence electrons. The van der Waals surface area contributed by atoms with Gasteiger partial charge in [-0.3, -0.25) is 0 Å². The van der Waals surface area contributed by atoms with Crippen molar-refractivity contribution in [1.82, 2.24) is 19.9 Å². The molecule has 0 amide bonds. The Balaban J connectivity index is 1.47. The zero-order valence-electron chi connectivity index (χ0n) is 21.7. The number of halogens is 3. The van der Waals surface area contributed by atoms with Crippen molar-refractivity contribution in [3.63, 3.8) is 0 Å². The van der Waals surface area contributed by atoms with Gasteiger partial charge in [0.25, 0.3) is 0 Å². The summed E-state index contributed by atoms with van der Waals surface area (Å²) in [4.78, 5) is 17.4. The van der Waals surface area contributed by atoms with Gasteiger partial charge in [0, 0.05) is 43.3 Å². The molecule has 1 aromatic carbocycles. The minimum atomic E-state index is -4.60. The van der Waals surface area contributed by atoms with Gasteiger partial charge in [0.05, 0.1) is 18.3 Å². The molecule has 2 N–H and O–H groups in total. The van der Waals surface area contributed by atoms with Crippen LogP contribution in [0.25, 0.3) is 28.1 Å². The fraction of sp³-hybridized carbons (Fsp3) is 0.321. The largest absolute Gasteiger partial charge is 0.489 e. The Morgan fingerprint density at radius 3 is 2.49 bits per heavy atom. The number of piperazine rings is 1. The van der Waals surface area contributed by atoms with Crippen molar-refractivity contribution in [1.29, 1.82) is 0 Å². The number of nitrogens with zero attached hydrogens (tertiary/aromatic N) is 5. The predicted octanol–water partition coefficient (Wildman–Crippen LogP) is 5.34. The van der Waals surface area contributed by atoms with E-state index in [0.717, 1.165) is 25.0 Å². The second-order valence-corrected chi connectivity index (χ2v) is 9.47. The zero-order valence-corrected chi connectivity index (χ0v) is 21.7. The number of alkyl halides is 3. The normalized spacial score (nSPS) is 14.3. The molecule has 5 rings (SSSR count). The molecule has 0 radical (unpaired) electrons. The highest BCUT2D eigenvalue weighted by molar-refractivity contribution is 5.96. The number of ether oxygens (including phenoxy) is 1. The molecule has 4 aromatic rings. The topological polar surface area (TPSA) is 93.5 Å². The Hall–Kier alpha value is -4.12. The van der Waals surface area contributed by atoms with Crippen LogP contribution in [-0.4, -0.2) is 52.1 Å². The van der Waals surface area contributed by atoms with E-state index in [1.807, 2.05) is 18.2 Å². The van der Waals surface area contributed by atoms with Crippen LogP contribution in [0, 0.1) is 0 Å². The molecule has 39 heavy (non-hydrogen) atoms. The molecule has 11 heteroatoms. The summed E-state index contributed by atoms with van der Waals surface area (Å²) >= 11 is 0. The van der Waals surface area contributed by atoms with Crippen LogP contribution in [0.5, 0.6) is 5.75 Å². The predicted molar refractivity (Wildman–Crippen MR) is 143 cm³/mol. The molecular formula is C28H29F3N6O2. The Kier molecular flexibility index (Phi) is 7.17. The van der Waals surface area contributed by atoms with Gasteiger partial charge in [-0.1, -0.05) is 12.6 Å². The quantitative estimate of drug-likeness (QED) is 0.337. The van der Waals surface area contributed by atoms with Gasteiger partial charge in [-0.15, -0.1) is 0 Å². The van der Waals surface area contributed by atoms with Gasteiger partial charge in [-0.05, 0) is 50.2 Å². The van der Waals surface area contributed by atoms with Crippen LogP contribution in [0.15, 0.2) is 59.7 Å². The number of hydrogen-bond acceptors (Lipinski definition) is 8. The molecule has 1 saturated heterocycles. The van der Waals surface area contributed by atoms with Crippen LogP contribution in [-0.2, 0) is 12.7 Å². The summed E-state index contributed by atoms with van der Waals surface area (Å²) in [6.45, 7) is 10.9. The fourth-order valence-electron chi connectivity index (χ4n) is 4.61. The maximum atomic E-state index is 13.5. The Morgan fingerprint density at radius 2 is 1.85 bits per heavy atom. The summed E-state index contributed by atoms with van der Waals surface area (Å²) < 4.78 is 52.2. The molecule has 0 atom stereocenters. The Bertz CT molecular complexity index is 1480. The van der Waals surface area contributed by atoms with Gasteiger partial charge in [0.1, 0.15) is 34.2 Å². The minimum absolute atomic E-state index is 0.0783. The summed E-state index contributed by atoms with van der Waals surface area (Å²) in [6, 6.07) is 11.4. The number of pyridine rings is 2. The second-order valence-electron chi connectivity index (χ2n) is 9.47. The first-order valence-electron chi connectivity index (χ1n) is 12.6. The first-order chi connectivity index (χ1) is 18.7. The van der Waals surface area contributed by atoms with Gasteiger partial charge in [-0.2, -0.15) is 13.2 Å². The molecule has 8 nitrogen and oxygen atoms in total. The summed E-state index contributed by atoms with van der Waals surface area (Å²) in [6.07, 6.45) is -3.08. The minimum Gasteiger partial charge on any atom is -0.489 e. The molecule has 1 aliphatic heterocycles. The van der Waals surface area contributed by atoms with E-state index in [2.05, 4.69) is 26.3 Å². The number of anilines is 1. The summed E-state index contributed by atoms with van der Waals surface area (Å²) in [5, 5.41) is 0.423. The maximum absolute atomic E-state index is 13.5. The van der Waals surface area contributed by atoms with E-state index in [1.165, 1.54) is 6.07 Å². The van der Waals surface area contributed by atoms with Crippen molar-refractivity contribution in [2.75, 3.05) is 31.1 Å². The lowest BCUT2D eigenvalue weighted by Crippen LogP contribution is -2.45. The number of nitrogens with two attached hydrogens (primary N) is 1. The molecular weight excluding hydrogens is 509 g/mol. The van der Waals surface area contributed by atoms with E-state index in [0.29, 0.717) is 41.2 Å². The van der Waals surface area contributed by atoms with E-state index in [4.69, 9.17) is 19.9 Å². The second kappa shape index (κ2) is 10.6. The average Bonchev–Trinajstić information content (AvgIpc) is 3.36. The Morgan fingerprint density at radius 1 is 1.08 bits per heavy atom. The first kappa shape index (κ1) is 26.5. The van der Waals surface area contributed by atoms with Gasteiger partial charge < -0.3 is 24.7 Å².